The molecular weight excluding hydrogens is 364 g/mol. The standard InChI is InChI=1S/C23H22N4O2/c1-17-5-10-22-26-20(15-27(22)14-17)16-29-21-8-6-18(7-9-21)23(28)25-13-11-19-4-2-3-12-24-19/h2-10,12,14-15H,11,13,16H2,1H3,(H,25,28). The molecule has 146 valence electrons. The Balaban J connectivity index is 1.29. The molecule has 29 heavy (non-hydrogen) atoms. The maximum atomic E-state index is 12.3. The average molecular weight is 386 g/mol. The summed E-state index contributed by atoms with van der Waals surface area (Å²) in [6, 6.07) is 16.9. The van der Waals surface area contributed by atoms with Crippen LogP contribution in [0.15, 0.2) is 73.2 Å². The summed E-state index contributed by atoms with van der Waals surface area (Å²) in [6.07, 6.45) is 6.45. The fourth-order valence-electron chi connectivity index (χ4n) is 3.04. The largest absolute Gasteiger partial charge is 0.487 e. The zero-order chi connectivity index (χ0) is 20.1. The second-order valence-corrected chi connectivity index (χ2v) is 6.84. The van der Waals surface area contributed by atoms with Gasteiger partial charge in [-0.3, -0.25) is 9.78 Å². The van der Waals surface area contributed by atoms with E-state index in [1.807, 2.05) is 54.0 Å². The second kappa shape index (κ2) is 8.56. The summed E-state index contributed by atoms with van der Waals surface area (Å²) < 4.78 is 7.80. The fraction of sp³-hybridized carbons (Fsp3) is 0.174. The Hall–Kier alpha value is -3.67. The van der Waals surface area contributed by atoms with Gasteiger partial charge < -0.3 is 14.5 Å². The molecular formula is C23H22N4O2. The number of hydrogen-bond donors (Lipinski definition) is 1. The summed E-state index contributed by atoms with van der Waals surface area (Å²) in [6.45, 7) is 2.96. The van der Waals surface area contributed by atoms with Crippen LogP contribution in [0.5, 0.6) is 5.75 Å². The fourth-order valence-corrected chi connectivity index (χ4v) is 3.04. The first-order chi connectivity index (χ1) is 14.2. The number of nitrogens with one attached hydrogen (secondary N) is 1. The summed E-state index contributed by atoms with van der Waals surface area (Å²) in [7, 11) is 0. The van der Waals surface area contributed by atoms with E-state index in [1.165, 1.54) is 5.56 Å². The molecule has 1 aromatic carbocycles. The van der Waals surface area contributed by atoms with Gasteiger partial charge >= 0.3 is 0 Å². The molecule has 0 spiro atoms. The van der Waals surface area contributed by atoms with Crippen LogP contribution in [0.1, 0.15) is 27.3 Å². The van der Waals surface area contributed by atoms with Gasteiger partial charge in [0.1, 0.15) is 18.0 Å². The van der Waals surface area contributed by atoms with Crippen LogP contribution in [-0.2, 0) is 13.0 Å². The third-order valence-electron chi connectivity index (χ3n) is 4.54. The minimum atomic E-state index is -0.108. The van der Waals surface area contributed by atoms with Crippen molar-refractivity contribution in [1.82, 2.24) is 19.7 Å². The number of benzene rings is 1. The van der Waals surface area contributed by atoms with Crippen molar-refractivity contribution in [3.63, 3.8) is 0 Å². The van der Waals surface area contributed by atoms with E-state index in [-0.39, 0.29) is 5.91 Å². The molecule has 0 radical (unpaired) electrons. The van der Waals surface area contributed by atoms with Gasteiger partial charge in [0.05, 0.1) is 5.69 Å². The number of nitrogens with zero attached hydrogens (tertiary/aromatic N) is 3. The number of carbonyl (C=O) groups is 1. The highest BCUT2D eigenvalue weighted by Crippen LogP contribution is 2.15. The van der Waals surface area contributed by atoms with Crippen LogP contribution in [-0.4, -0.2) is 26.8 Å². The van der Waals surface area contributed by atoms with Crippen molar-refractivity contribution in [2.24, 2.45) is 0 Å². The van der Waals surface area contributed by atoms with Crippen molar-refractivity contribution < 1.29 is 9.53 Å². The van der Waals surface area contributed by atoms with E-state index in [2.05, 4.69) is 15.3 Å². The molecule has 0 aliphatic carbocycles. The summed E-state index contributed by atoms with van der Waals surface area (Å²) in [5.41, 5.74) is 4.48. The molecule has 0 saturated heterocycles. The number of imidazole rings is 1. The highest BCUT2D eigenvalue weighted by molar-refractivity contribution is 5.94. The van der Waals surface area contributed by atoms with Gasteiger partial charge in [0, 0.05) is 42.8 Å². The van der Waals surface area contributed by atoms with Crippen LogP contribution >= 0.6 is 0 Å². The highest BCUT2D eigenvalue weighted by Gasteiger charge is 2.07. The number of amides is 1. The third-order valence-corrected chi connectivity index (χ3v) is 4.54. The van der Waals surface area contributed by atoms with Crippen LogP contribution in [0.2, 0.25) is 0 Å². The van der Waals surface area contributed by atoms with Crippen molar-refractivity contribution in [3.8, 4) is 5.75 Å². The lowest BCUT2D eigenvalue weighted by Crippen LogP contribution is -2.25. The molecule has 3 aromatic heterocycles. The molecule has 6 heteroatoms. The number of pyridine rings is 2. The van der Waals surface area contributed by atoms with Crippen molar-refractivity contribution in [2.75, 3.05) is 6.54 Å². The maximum Gasteiger partial charge on any atom is 0.251 e. The van der Waals surface area contributed by atoms with E-state index in [4.69, 9.17) is 4.74 Å². The maximum absolute atomic E-state index is 12.3. The Morgan fingerprint density at radius 1 is 1.03 bits per heavy atom. The SMILES string of the molecule is Cc1ccc2nc(COc3ccc(C(=O)NCCc4ccccn4)cc3)cn2c1. The molecule has 0 unspecified atom stereocenters. The molecule has 4 rings (SSSR count). The summed E-state index contributed by atoms with van der Waals surface area (Å²) in [5.74, 6) is 0.589. The van der Waals surface area contributed by atoms with E-state index in [0.717, 1.165) is 17.0 Å². The quantitative estimate of drug-likeness (QED) is 0.527. The predicted octanol–water partition coefficient (Wildman–Crippen LogP) is 3.59. The molecule has 1 N–H and O–H groups in total. The first-order valence-electron chi connectivity index (χ1n) is 9.52. The Kier molecular flexibility index (Phi) is 5.52. The number of carbonyl (C=O) groups excluding carboxylic acids is 1. The van der Waals surface area contributed by atoms with Crippen LogP contribution in [0.4, 0.5) is 0 Å². The Morgan fingerprint density at radius 3 is 2.69 bits per heavy atom. The molecule has 6 nitrogen and oxygen atoms in total. The molecule has 0 bridgehead atoms. The molecule has 0 atom stereocenters. The predicted molar refractivity (Wildman–Crippen MR) is 111 cm³/mol. The van der Waals surface area contributed by atoms with Gasteiger partial charge in [0.25, 0.3) is 5.91 Å². The monoisotopic (exact) mass is 386 g/mol. The Morgan fingerprint density at radius 2 is 1.90 bits per heavy atom. The van der Waals surface area contributed by atoms with Crippen LogP contribution < -0.4 is 10.1 Å². The second-order valence-electron chi connectivity index (χ2n) is 6.84. The van der Waals surface area contributed by atoms with E-state index >= 15 is 0 Å². The molecule has 0 saturated carbocycles. The highest BCUT2D eigenvalue weighted by atomic mass is 16.5. The van der Waals surface area contributed by atoms with E-state index < -0.39 is 0 Å². The van der Waals surface area contributed by atoms with Gasteiger partial charge in [-0.05, 0) is 55.0 Å². The molecule has 4 aromatic rings. The molecule has 1 amide bonds. The summed E-state index contributed by atoms with van der Waals surface area (Å²) in [5, 5.41) is 2.91. The van der Waals surface area contributed by atoms with Gasteiger partial charge in [-0.15, -0.1) is 0 Å². The topological polar surface area (TPSA) is 68.5 Å². The molecule has 0 fully saturated rings. The molecule has 0 aliphatic heterocycles. The van der Waals surface area contributed by atoms with Crippen molar-refractivity contribution in [1.29, 1.82) is 0 Å². The number of aromatic nitrogens is 3. The number of rotatable bonds is 7. The van der Waals surface area contributed by atoms with E-state index in [1.54, 1.807) is 30.5 Å². The van der Waals surface area contributed by atoms with Gasteiger partial charge in [-0.2, -0.15) is 0 Å². The van der Waals surface area contributed by atoms with E-state index in [9.17, 15) is 4.79 Å². The van der Waals surface area contributed by atoms with Gasteiger partial charge in [-0.25, -0.2) is 4.98 Å². The van der Waals surface area contributed by atoms with Crippen molar-refractivity contribution in [3.05, 3.63) is 95.7 Å². The Bertz CT molecular complexity index is 1100. The smallest absolute Gasteiger partial charge is 0.251 e. The summed E-state index contributed by atoms with van der Waals surface area (Å²) >= 11 is 0. The van der Waals surface area contributed by atoms with Crippen molar-refractivity contribution in [2.45, 2.75) is 20.0 Å². The average Bonchev–Trinajstić information content (AvgIpc) is 3.15. The minimum absolute atomic E-state index is 0.108. The minimum Gasteiger partial charge on any atom is -0.487 e. The van der Waals surface area contributed by atoms with Crippen LogP contribution in [0.25, 0.3) is 5.65 Å². The number of fused-ring (bicyclic) bond motifs is 1. The Labute approximate surface area is 169 Å². The van der Waals surface area contributed by atoms with Gasteiger partial charge in [0.15, 0.2) is 0 Å². The normalized spacial score (nSPS) is 10.8. The zero-order valence-electron chi connectivity index (χ0n) is 16.2. The van der Waals surface area contributed by atoms with E-state index in [0.29, 0.717) is 30.9 Å². The van der Waals surface area contributed by atoms with Crippen LogP contribution in [0, 0.1) is 6.92 Å². The lowest BCUT2D eigenvalue weighted by atomic mass is 10.2. The lowest BCUT2D eigenvalue weighted by molar-refractivity contribution is 0.0954. The third kappa shape index (κ3) is 4.79. The molecule has 3 heterocycles. The summed E-state index contributed by atoms with van der Waals surface area (Å²) in [4.78, 5) is 21.1. The lowest BCUT2D eigenvalue weighted by Gasteiger charge is -2.07. The first kappa shape index (κ1) is 18.7. The molecule has 0 aliphatic rings. The number of hydrogen-bond acceptors (Lipinski definition) is 4. The van der Waals surface area contributed by atoms with Crippen molar-refractivity contribution >= 4 is 11.6 Å². The zero-order valence-corrected chi connectivity index (χ0v) is 16.2. The van der Waals surface area contributed by atoms with Crippen LogP contribution in [0.3, 0.4) is 0 Å². The first-order valence-corrected chi connectivity index (χ1v) is 9.52. The van der Waals surface area contributed by atoms with Gasteiger partial charge in [0.2, 0.25) is 0 Å². The number of aryl methyl sites for hydroxylation is 1. The van der Waals surface area contributed by atoms with Gasteiger partial charge in [-0.1, -0.05) is 12.1 Å². The number of ether oxygens (including phenoxy) is 1.